The van der Waals surface area contributed by atoms with Crippen LogP contribution in [0.1, 0.15) is 40.3 Å². The molecule has 0 spiro atoms. The van der Waals surface area contributed by atoms with Gasteiger partial charge in [0.05, 0.1) is 8.80 Å². The van der Waals surface area contributed by atoms with Gasteiger partial charge in [0.1, 0.15) is 0 Å². The van der Waals surface area contributed by atoms with Gasteiger partial charge >= 0.3 is 7.48 Å². The minimum Gasteiger partial charge on any atom is -0.450 e. The highest BCUT2D eigenvalue weighted by Gasteiger charge is 2.27. The van der Waals surface area contributed by atoms with Gasteiger partial charge in [0, 0.05) is 11.2 Å². The maximum atomic E-state index is 9.92. The van der Waals surface area contributed by atoms with Crippen molar-refractivity contribution in [1.82, 2.24) is 4.98 Å². The number of aromatic nitrogens is 1. The topological polar surface area (TPSA) is 36.0 Å². The van der Waals surface area contributed by atoms with E-state index in [1.807, 2.05) is 6.07 Å². The first-order valence-corrected chi connectivity index (χ1v) is 11.7. The van der Waals surface area contributed by atoms with Crippen molar-refractivity contribution in [2.24, 2.45) is 0 Å². The summed E-state index contributed by atoms with van der Waals surface area (Å²) in [5.41, 5.74) is 7.77. The molecule has 0 amide bonds. The van der Waals surface area contributed by atoms with Crippen LogP contribution in [0.5, 0.6) is 0 Å². The number of hydrogen-bond donors (Lipinski definition) is 2. The maximum absolute atomic E-state index is 9.92. The zero-order valence-electron chi connectivity index (χ0n) is 17.1. The van der Waals surface area contributed by atoms with Crippen LogP contribution in [0.3, 0.4) is 0 Å². The van der Waals surface area contributed by atoms with Gasteiger partial charge in [-0.3, -0.25) is 0 Å². The van der Waals surface area contributed by atoms with E-state index in [-0.39, 0.29) is 0 Å². The zero-order chi connectivity index (χ0) is 19.6. The van der Waals surface area contributed by atoms with Crippen LogP contribution in [0.25, 0.3) is 22.0 Å². The van der Waals surface area contributed by atoms with Crippen molar-refractivity contribution in [2.75, 3.05) is 0 Å². The van der Waals surface area contributed by atoms with E-state index >= 15 is 0 Å². The molecule has 0 saturated carbocycles. The Hall–Kier alpha value is -1.78. The number of fused-ring (bicyclic) bond motifs is 1. The summed E-state index contributed by atoms with van der Waals surface area (Å²) < 4.78 is 0. The SMILES string of the molecule is CC(C)[Si](C(C)C)C(C)Cc1[nH]c2cc(-c3ccccc3)ccc2c1[B]O. The van der Waals surface area contributed by atoms with Crippen molar-refractivity contribution in [1.29, 1.82) is 0 Å². The van der Waals surface area contributed by atoms with Gasteiger partial charge in [-0.2, -0.15) is 0 Å². The Morgan fingerprint density at radius 2 is 1.59 bits per heavy atom. The molecule has 0 aliphatic heterocycles. The second-order valence-corrected chi connectivity index (χ2v) is 12.5. The van der Waals surface area contributed by atoms with Crippen LogP contribution in [-0.2, 0) is 6.42 Å². The van der Waals surface area contributed by atoms with E-state index in [1.165, 1.54) is 18.6 Å². The Morgan fingerprint density at radius 3 is 2.19 bits per heavy atom. The minimum atomic E-state index is -0.482. The lowest BCUT2D eigenvalue weighted by Crippen LogP contribution is -2.29. The lowest BCUT2D eigenvalue weighted by atomic mass is 9.84. The van der Waals surface area contributed by atoms with Gasteiger partial charge in [0.15, 0.2) is 0 Å². The highest BCUT2D eigenvalue weighted by molar-refractivity contribution is 6.63. The largest absolute Gasteiger partial charge is 0.450 e. The molecule has 1 aromatic heterocycles. The van der Waals surface area contributed by atoms with E-state index in [1.54, 1.807) is 0 Å². The van der Waals surface area contributed by atoms with E-state index in [9.17, 15) is 5.02 Å². The lowest BCUT2D eigenvalue weighted by Gasteiger charge is -2.29. The Morgan fingerprint density at radius 1 is 0.926 bits per heavy atom. The molecule has 0 bridgehead atoms. The molecule has 140 valence electrons. The third-order valence-electron chi connectivity index (χ3n) is 5.57. The highest BCUT2D eigenvalue weighted by atomic mass is 28.3. The zero-order valence-corrected chi connectivity index (χ0v) is 18.1. The number of hydrogen-bond acceptors (Lipinski definition) is 1. The summed E-state index contributed by atoms with van der Waals surface area (Å²) in [6, 6.07) is 16.9. The summed E-state index contributed by atoms with van der Waals surface area (Å²) in [7, 11) is 0.796. The van der Waals surface area contributed by atoms with Crippen molar-refractivity contribution < 1.29 is 5.02 Å². The molecule has 3 aromatic rings. The minimum absolute atomic E-state index is 0.482. The second kappa shape index (κ2) is 8.49. The molecule has 27 heavy (non-hydrogen) atoms. The van der Waals surface area contributed by atoms with Gasteiger partial charge in [0.25, 0.3) is 0 Å². The number of benzene rings is 2. The van der Waals surface area contributed by atoms with Gasteiger partial charge in [-0.15, -0.1) is 0 Å². The molecule has 2 radical (unpaired) electrons. The number of nitrogens with one attached hydrogen (secondary N) is 1. The second-order valence-electron chi connectivity index (χ2n) is 8.19. The predicted molar refractivity (Wildman–Crippen MR) is 120 cm³/mol. The molecule has 0 fully saturated rings. The van der Waals surface area contributed by atoms with Crippen LogP contribution in [0, 0.1) is 0 Å². The van der Waals surface area contributed by atoms with Crippen molar-refractivity contribution in [3.63, 3.8) is 0 Å². The highest BCUT2D eigenvalue weighted by Crippen LogP contribution is 2.32. The fourth-order valence-electron chi connectivity index (χ4n) is 4.62. The van der Waals surface area contributed by atoms with Crippen molar-refractivity contribution in [3.05, 3.63) is 54.2 Å². The van der Waals surface area contributed by atoms with E-state index in [0.29, 0.717) is 5.54 Å². The van der Waals surface area contributed by atoms with Crippen LogP contribution >= 0.6 is 0 Å². The fraction of sp³-hybridized carbons (Fsp3) is 0.391. The first kappa shape index (κ1) is 20.0. The average Bonchev–Trinajstić information content (AvgIpc) is 2.97. The molecular weight excluding hydrogens is 345 g/mol. The number of rotatable bonds is 7. The van der Waals surface area contributed by atoms with Gasteiger partial charge in [-0.05, 0) is 40.0 Å². The summed E-state index contributed by atoms with van der Waals surface area (Å²) in [5.74, 6) is 0. The van der Waals surface area contributed by atoms with Crippen LogP contribution in [0.2, 0.25) is 16.6 Å². The van der Waals surface area contributed by atoms with E-state index < -0.39 is 8.80 Å². The molecule has 2 aromatic carbocycles. The Balaban J connectivity index is 1.96. The lowest BCUT2D eigenvalue weighted by molar-refractivity contribution is 0.615. The molecule has 1 atom stereocenters. The van der Waals surface area contributed by atoms with Crippen molar-refractivity contribution in [3.8, 4) is 11.1 Å². The molecule has 1 unspecified atom stereocenters. The van der Waals surface area contributed by atoms with Gasteiger partial charge in [-0.25, -0.2) is 0 Å². The van der Waals surface area contributed by atoms with Gasteiger partial charge in [-0.1, -0.05) is 88.2 Å². The van der Waals surface area contributed by atoms with Gasteiger partial charge < -0.3 is 10.0 Å². The Bertz CT molecular complexity index is 880. The molecule has 0 saturated heterocycles. The summed E-state index contributed by atoms with van der Waals surface area (Å²) in [6.45, 7) is 11.8. The van der Waals surface area contributed by atoms with Crippen LogP contribution in [-0.4, -0.2) is 26.3 Å². The third-order valence-corrected chi connectivity index (χ3v) is 9.58. The monoisotopic (exact) mass is 375 g/mol. The average molecular weight is 375 g/mol. The molecule has 1 heterocycles. The van der Waals surface area contributed by atoms with Crippen molar-refractivity contribution >= 4 is 32.6 Å². The van der Waals surface area contributed by atoms with E-state index in [0.717, 1.165) is 39.6 Å². The first-order valence-electron chi connectivity index (χ1n) is 9.96. The number of H-pyrrole nitrogens is 1. The van der Waals surface area contributed by atoms with Gasteiger partial charge in [0.2, 0.25) is 0 Å². The first-order chi connectivity index (χ1) is 12.9. The summed E-state index contributed by atoms with van der Waals surface area (Å²) in [6.07, 6.45) is 0.992. The Labute approximate surface area is 165 Å². The smallest absolute Gasteiger partial charge is 0.329 e. The third kappa shape index (κ3) is 4.22. The molecule has 0 aliphatic carbocycles. The molecule has 0 aliphatic rings. The molecule has 2 nitrogen and oxygen atoms in total. The molecule has 4 heteroatoms. The summed E-state index contributed by atoms with van der Waals surface area (Å²) in [5, 5.41) is 11.0. The normalized spacial score (nSPS) is 13.1. The molecular formula is C23H30BNOSi. The van der Waals surface area contributed by atoms with Crippen LogP contribution in [0.15, 0.2) is 48.5 Å². The van der Waals surface area contributed by atoms with E-state index in [4.69, 9.17) is 0 Å². The van der Waals surface area contributed by atoms with Crippen molar-refractivity contribution in [2.45, 2.75) is 57.7 Å². The number of aromatic amines is 1. The predicted octanol–water partition coefficient (Wildman–Crippen LogP) is 5.32. The summed E-state index contributed by atoms with van der Waals surface area (Å²) >= 11 is 0. The standard InChI is InChI=1S/C23H30BNOSi/c1-15(2)27(16(3)4)17(5)13-22-23(24-26)20-12-11-19(14-21(20)25-22)18-9-7-6-8-10-18/h6-12,14-17,25-26H,13H2,1-5H3. The van der Waals surface area contributed by atoms with Crippen LogP contribution < -0.4 is 5.46 Å². The fourth-order valence-corrected chi connectivity index (χ4v) is 8.67. The molecule has 2 N–H and O–H groups in total. The van der Waals surface area contributed by atoms with E-state index in [2.05, 4.69) is 82.1 Å². The quantitative estimate of drug-likeness (QED) is 0.539. The maximum Gasteiger partial charge on any atom is 0.329 e. The molecule has 3 rings (SSSR count). The summed E-state index contributed by atoms with van der Waals surface area (Å²) in [4.78, 5) is 3.61. The van der Waals surface area contributed by atoms with Crippen LogP contribution in [0.4, 0.5) is 0 Å². The Kier molecular flexibility index (Phi) is 6.28.